The van der Waals surface area contributed by atoms with Crippen molar-refractivity contribution in [3.05, 3.63) is 64.7 Å². The van der Waals surface area contributed by atoms with E-state index in [4.69, 9.17) is 10.5 Å². The fourth-order valence-electron chi connectivity index (χ4n) is 2.79. The zero-order valence-electron chi connectivity index (χ0n) is 11.9. The Hall–Kier alpha value is -1.80. The number of para-hydroxylation sites is 1. The molecule has 1 heterocycles. The molecule has 20 heavy (non-hydrogen) atoms. The van der Waals surface area contributed by atoms with Gasteiger partial charge in [0.15, 0.2) is 0 Å². The Balaban J connectivity index is 1.83. The minimum atomic E-state index is -0.00856. The summed E-state index contributed by atoms with van der Waals surface area (Å²) in [6.45, 7) is 2.91. The molecule has 0 amide bonds. The largest absolute Gasteiger partial charge is 0.493 e. The zero-order valence-corrected chi connectivity index (χ0v) is 11.9. The van der Waals surface area contributed by atoms with Crippen molar-refractivity contribution in [3.8, 4) is 5.75 Å². The summed E-state index contributed by atoms with van der Waals surface area (Å²) in [7, 11) is 0. The maximum absolute atomic E-state index is 6.41. The summed E-state index contributed by atoms with van der Waals surface area (Å²) >= 11 is 0. The van der Waals surface area contributed by atoms with E-state index in [9.17, 15) is 0 Å². The third kappa shape index (κ3) is 2.70. The van der Waals surface area contributed by atoms with Crippen LogP contribution in [0.5, 0.6) is 5.75 Å². The van der Waals surface area contributed by atoms with Gasteiger partial charge in [0.05, 0.1) is 6.61 Å². The number of benzene rings is 2. The van der Waals surface area contributed by atoms with Crippen molar-refractivity contribution >= 4 is 0 Å². The lowest BCUT2D eigenvalue weighted by Gasteiger charge is -2.23. The Kier molecular flexibility index (Phi) is 3.75. The van der Waals surface area contributed by atoms with Gasteiger partial charge in [-0.1, -0.05) is 48.0 Å². The smallest absolute Gasteiger partial charge is 0.127 e. The molecule has 2 nitrogen and oxygen atoms in total. The molecule has 1 atom stereocenters. The summed E-state index contributed by atoms with van der Waals surface area (Å²) in [5.74, 6) is 1.03. The van der Waals surface area contributed by atoms with Gasteiger partial charge in [-0.05, 0) is 37.3 Å². The van der Waals surface area contributed by atoms with E-state index in [-0.39, 0.29) is 6.04 Å². The molecule has 0 spiro atoms. The number of hydrogen-bond donors (Lipinski definition) is 1. The monoisotopic (exact) mass is 267 g/mol. The Morgan fingerprint density at radius 1 is 1.15 bits per heavy atom. The van der Waals surface area contributed by atoms with Gasteiger partial charge in [0.1, 0.15) is 5.75 Å². The van der Waals surface area contributed by atoms with Crippen LogP contribution in [0.2, 0.25) is 0 Å². The molecule has 2 aromatic carbocycles. The number of nitrogens with two attached hydrogens (primary N) is 1. The highest BCUT2D eigenvalue weighted by Gasteiger charge is 2.18. The number of fused-ring (bicyclic) bond motifs is 1. The van der Waals surface area contributed by atoms with Crippen molar-refractivity contribution in [2.24, 2.45) is 5.73 Å². The lowest BCUT2D eigenvalue weighted by molar-refractivity contribution is 0.283. The van der Waals surface area contributed by atoms with Crippen LogP contribution in [-0.2, 0) is 12.8 Å². The molecule has 0 saturated heterocycles. The first kappa shape index (κ1) is 13.2. The van der Waals surface area contributed by atoms with Crippen molar-refractivity contribution in [2.75, 3.05) is 6.61 Å². The van der Waals surface area contributed by atoms with Gasteiger partial charge in [-0.3, -0.25) is 0 Å². The Labute approximate surface area is 120 Å². The molecule has 0 aromatic heterocycles. The van der Waals surface area contributed by atoms with Crippen LogP contribution in [0, 0.1) is 6.92 Å². The van der Waals surface area contributed by atoms with Crippen molar-refractivity contribution < 1.29 is 4.74 Å². The molecule has 2 heteroatoms. The van der Waals surface area contributed by atoms with Crippen LogP contribution < -0.4 is 10.5 Å². The first-order valence-corrected chi connectivity index (χ1v) is 7.30. The Morgan fingerprint density at radius 3 is 2.75 bits per heavy atom. The van der Waals surface area contributed by atoms with Gasteiger partial charge in [0, 0.05) is 11.6 Å². The van der Waals surface area contributed by atoms with Crippen LogP contribution in [-0.4, -0.2) is 6.61 Å². The average molecular weight is 267 g/mol. The molecule has 0 fully saturated rings. The van der Waals surface area contributed by atoms with Crippen molar-refractivity contribution in [2.45, 2.75) is 32.2 Å². The summed E-state index contributed by atoms with van der Waals surface area (Å²) in [5, 5.41) is 0. The predicted molar refractivity (Wildman–Crippen MR) is 82.1 cm³/mol. The number of aryl methyl sites for hydroxylation is 2. The summed E-state index contributed by atoms with van der Waals surface area (Å²) in [5.41, 5.74) is 11.4. The standard InChI is InChI=1S/C18H21NO/c1-13-7-9-14(10-8-13)12-17(19)16-6-2-4-15-5-3-11-20-18(15)16/h2,4,6-10,17H,3,5,11-12,19H2,1H3. The minimum Gasteiger partial charge on any atom is -0.493 e. The molecule has 0 radical (unpaired) electrons. The highest BCUT2D eigenvalue weighted by molar-refractivity contribution is 5.45. The Bertz CT molecular complexity index is 589. The number of hydrogen-bond acceptors (Lipinski definition) is 2. The highest BCUT2D eigenvalue weighted by atomic mass is 16.5. The van der Waals surface area contributed by atoms with Gasteiger partial charge in [-0.25, -0.2) is 0 Å². The number of rotatable bonds is 3. The van der Waals surface area contributed by atoms with E-state index in [2.05, 4.69) is 49.4 Å². The van der Waals surface area contributed by atoms with Crippen molar-refractivity contribution in [1.82, 2.24) is 0 Å². The van der Waals surface area contributed by atoms with Gasteiger partial charge in [-0.15, -0.1) is 0 Å². The van der Waals surface area contributed by atoms with E-state index in [1.54, 1.807) is 0 Å². The lowest BCUT2D eigenvalue weighted by atomic mass is 9.94. The topological polar surface area (TPSA) is 35.2 Å². The van der Waals surface area contributed by atoms with E-state index in [0.29, 0.717) is 0 Å². The minimum absolute atomic E-state index is 0.00856. The predicted octanol–water partition coefficient (Wildman–Crippen LogP) is 3.56. The molecule has 1 aliphatic rings. The van der Waals surface area contributed by atoms with Crippen molar-refractivity contribution in [1.29, 1.82) is 0 Å². The van der Waals surface area contributed by atoms with Crippen LogP contribution in [0.1, 0.15) is 34.7 Å². The van der Waals surface area contributed by atoms with Gasteiger partial charge >= 0.3 is 0 Å². The normalized spacial score (nSPS) is 15.3. The van der Waals surface area contributed by atoms with Crippen LogP contribution >= 0.6 is 0 Å². The lowest BCUT2D eigenvalue weighted by Crippen LogP contribution is -2.18. The molecular formula is C18H21NO. The summed E-state index contributed by atoms with van der Waals surface area (Å²) in [6.07, 6.45) is 3.05. The molecule has 0 saturated carbocycles. The van der Waals surface area contributed by atoms with E-state index < -0.39 is 0 Å². The van der Waals surface area contributed by atoms with E-state index >= 15 is 0 Å². The molecule has 0 bridgehead atoms. The highest BCUT2D eigenvalue weighted by Crippen LogP contribution is 2.33. The molecule has 2 N–H and O–H groups in total. The molecule has 104 valence electrons. The maximum atomic E-state index is 6.41. The van der Waals surface area contributed by atoms with Gasteiger partial charge < -0.3 is 10.5 Å². The van der Waals surface area contributed by atoms with E-state index in [1.807, 2.05) is 0 Å². The Morgan fingerprint density at radius 2 is 1.95 bits per heavy atom. The van der Waals surface area contributed by atoms with Crippen LogP contribution in [0.3, 0.4) is 0 Å². The zero-order chi connectivity index (χ0) is 13.9. The van der Waals surface area contributed by atoms with Crippen LogP contribution in [0.4, 0.5) is 0 Å². The molecule has 0 aliphatic carbocycles. The summed E-state index contributed by atoms with van der Waals surface area (Å²) in [6, 6.07) is 14.9. The second kappa shape index (κ2) is 5.68. The van der Waals surface area contributed by atoms with Crippen molar-refractivity contribution in [3.63, 3.8) is 0 Å². The SMILES string of the molecule is Cc1ccc(CC(N)c2cccc3c2OCCC3)cc1. The fraction of sp³-hybridized carbons (Fsp3) is 0.333. The van der Waals surface area contributed by atoms with Gasteiger partial charge in [0.2, 0.25) is 0 Å². The van der Waals surface area contributed by atoms with E-state index in [1.165, 1.54) is 16.7 Å². The third-order valence-electron chi connectivity index (χ3n) is 3.94. The molecule has 2 aromatic rings. The first-order valence-electron chi connectivity index (χ1n) is 7.30. The average Bonchev–Trinajstić information content (AvgIpc) is 2.49. The molecule has 3 rings (SSSR count). The van der Waals surface area contributed by atoms with Crippen LogP contribution in [0.25, 0.3) is 0 Å². The first-order chi connectivity index (χ1) is 9.74. The van der Waals surface area contributed by atoms with Gasteiger partial charge in [0.25, 0.3) is 0 Å². The summed E-state index contributed by atoms with van der Waals surface area (Å²) < 4.78 is 5.85. The summed E-state index contributed by atoms with van der Waals surface area (Å²) in [4.78, 5) is 0. The molecule has 1 unspecified atom stereocenters. The van der Waals surface area contributed by atoms with Crippen LogP contribution in [0.15, 0.2) is 42.5 Å². The fourth-order valence-corrected chi connectivity index (χ4v) is 2.79. The maximum Gasteiger partial charge on any atom is 0.127 e. The molecular weight excluding hydrogens is 246 g/mol. The van der Waals surface area contributed by atoms with Gasteiger partial charge in [-0.2, -0.15) is 0 Å². The molecule has 1 aliphatic heterocycles. The number of ether oxygens (including phenoxy) is 1. The second-order valence-corrected chi connectivity index (χ2v) is 5.58. The second-order valence-electron chi connectivity index (χ2n) is 5.58. The third-order valence-corrected chi connectivity index (χ3v) is 3.94. The van der Waals surface area contributed by atoms with E-state index in [0.717, 1.165) is 37.2 Å². The quantitative estimate of drug-likeness (QED) is 0.922.